The van der Waals surface area contributed by atoms with Gasteiger partial charge in [0.25, 0.3) is 0 Å². The first-order valence-corrected chi connectivity index (χ1v) is 9.05. The molecule has 0 aliphatic carbocycles. The third kappa shape index (κ3) is 4.94. The van der Waals surface area contributed by atoms with E-state index in [4.69, 9.17) is 4.74 Å². The molecule has 1 atom stereocenters. The number of carboxylic acid groups (broad SMARTS) is 2. The molecule has 0 saturated carbocycles. The molecule has 0 spiro atoms. The first kappa shape index (κ1) is 22.4. The van der Waals surface area contributed by atoms with Crippen LogP contribution in [-0.2, 0) is 19.1 Å². The number of carbonyl (C=O) groups excluding carboxylic acids is 1. The standard InChI is InChI=1S/C22H22N2O6/c1-12-17(20(26)27)18(19(21(28)29)15(11-23)24-12)14-8-6-5-7-13(14)9-10-16(25)30-22(2,3)4/h5-10,18,24H,1-4H3,(H,26,27)(H,28,29)/b10-9+. The Morgan fingerprint density at radius 1 is 1.13 bits per heavy atom. The van der Waals surface area contributed by atoms with E-state index in [0.717, 1.165) is 0 Å². The highest BCUT2D eigenvalue weighted by Gasteiger charge is 2.38. The number of nitriles is 1. The predicted octanol–water partition coefficient (Wildman–Crippen LogP) is 2.95. The number of ether oxygens (including phenoxy) is 1. The molecule has 0 bridgehead atoms. The summed E-state index contributed by atoms with van der Waals surface area (Å²) in [4.78, 5) is 36.0. The topological polar surface area (TPSA) is 137 Å². The average molecular weight is 410 g/mol. The van der Waals surface area contributed by atoms with E-state index in [1.54, 1.807) is 51.1 Å². The van der Waals surface area contributed by atoms with Crippen molar-refractivity contribution in [2.24, 2.45) is 0 Å². The number of nitrogens with zero attached hydrogens (tertiary/aromatic N) is 1. The van der Waals surface area contributed by atoms with Gasteiger partial charge >= 0.3 is 17.9 Å². The zero-order chi connectivity index (χ0) is 22.6. The Bertz CT molecular complexity index is 1030. The van der Waals surface area contributed by atoms with Crippen molar-refractivity contribution in [3.8, 4) is 6.07 Å². The minimum absolute atomic E-state index is 0.167. The molecule has 0 amide bonds. The van der Waals surface area contributed by atoms with Crippen LogP contribution >= 0.6 is 0 Å². The van der Waals surface area contributed by atoms with E-state index in [-0.39, 0.29) is 22.5 Å². The zero-order valence-corrected chi connectivity index (χ0v) is 17.0. The second-order valence-corrected chi connectivity index (χ2v) is 7.60. The second-order valence-electron chi connectivity index (χ2n) is 7.60. The Labute approximate surface area is 173 Å². The minimum Gasteiger partial charge on any atom is -0.478 e. The summed E-state index contributed by atoms with van der Waals surface area (Å²) in [6, 6.07) is 8.28. The van der Waals surface area contributed by atoms with Crippen LogP contribution in [0.5, 0.6) is 0 Å². The van der Waals surface area contributed by atoms with Gasteiger partial charge in [-0.2, -0.15) is 5.26 Å². The molecule has 1 aromatic rings. The van der Waals surface area contributed by atoms with Gasteiger partial charge in [-0.1, -0.05) is 24.3 Å². The van der Waals surface area contributed by atoms with Gasteiger partial charge in [-0.15, -0.1) is 0 Å². The molecule has 156 valence electrons. The molecule has 30 heavy (non-hydrogen) atoms. The van der Waals surface area contributed by atoms with Gasteiger partial charge in [-0.05, 0) is 44.9 Å². The number of esters is 1. The van der Waals surface area contributed by atoms with Crippen LogP contribution in [0.3, 0.4) is 0 Å². The number of hydrogen-bond acceptors (Lipinski definition) is 6. The Morgan fingerprint density at radius 2 is 1.73 bits per heavy atom. The fourth-order valence-corrected chi connectivity index (χ4v) is 3.16. The summed E-state index contributed by atoms with van der Waals surface area (Å²) < 4.78 is 5.23. The van der Waals surface area contributed by atoms with Gasteiger partial charge in [0.2, 0.25) is 0 Å². The van der Waals surface area contributed by atoms with Crippen LogP contribution in [0.15, 0.2) is 52.9 Å². The highest BCUT2D eigenvalue weighted by atomic mass is 16.6. The molecule has 2 rings (SSSR count). The van der Waals surface area contributed by atoms with Gasteiger partial charge in [-0.25, -0.2) is 14.4 Å². The van der Waals surface area contributed by atoms with Gasteiger partial charge in [0, 0.05) is 11.8 Å². The number of benzene rings is 1. The number of aliphatic carboxylic acids is 2. The Morgan fingerprint density at radius 3 is 2.27 bits per heavy atom. The van der Waals surface area contributed by atoms with Crippen molar-refractivity contribution in [3.05, 3.63) is 64.0 Å². The molecular weight excluding hydrogens is 388 g/mol. The van der Waals surface area contributed by atoms with Crippen LogP contribution in [-0.4, -0.2) is 33.7 Å². The van der Waals surface area contributed by atoms with Crippen LogP contribution in [0.1, 0.15) is 44.7 Å². The van der Waals surface area contributed by atoms with Gasteiger partial charge < -0.3 is 20.3 Å². The maximum Gasteiger partial charge on any atom is 0.335 e. The molecule has 3 N–H and O–H groups in total. The molecule has 1 aromatic carbocycles. The Balaban J connectivity index is 2.65. The van der Waals surface area contributed by atoms with Crippen molar-refractivity contribution < 1.29 is 29.3 Å². The molecule has 0 fully saturated rings. The van der Waals surface area contributed by atoms with Gasteiger partial charge in [0.1, 0.15) is 17.4 Å². The lowest BCUT2D eigenvalue weighted by atomic mass is 9.78. The first-order chi connectivity index (χ1) is 14.0. The maximum atomic E-state index is 12.0. The van der Waals surface area contributed by atoms with Crippen LogP contribution in [0.2, 0.25) is 0 Å². The lowest BCUT2D eigenvalue weighted by Crippen LogP contribution is -2.31. The number of carbonyl (C=O) groups is 3. The van der Waals surface area contributed by atoms with Crippen LogP contribution < -0.4 is 5.32 Å². The Hall–Kier alpha value is -3.86. The van der Waals surface area contributed by atoms with Crippen molar-refractivity contribution >= 4 is 24.0 Å². The van der Waals surface area contributed by atoms with Crippen molar-refractivity contribution in [3.63, 3.8) is 0 Å². The first-order valence-electron chi connectivity index (χ1n) is 9.05. The summed E-state index contributed by atoms with van der Waals surface area (Å²) in [6.07, 6.45) is 2.63. The lowest BCUT2D eigenvalue weighted by molar-refractivity contribution is -0.148. The van der Waals surface area contributed by atoms with E-state index >= 15 is 0 Å². The van der Waals surface area contributed by atoms with E-state index in [1.807, 2.05) is 0 Å². The van der Waals surface area contributed by atoms with Crippen molar-refractivity contribution in [2.45, 2.75) is 39.2 Å². The molecule has 1 aliphatic heterocycles. The number of hydrogen-bond donors (Lipinski definition) is 3. The monoisotopic (exact) mass is 410 g/mol. The number of carboxylic acids is 2. The number of allylic oxidation sites excluding steroid dienone is 2. The number of rotatable bonds is 5. The van der Waals surface area contributed by atoms with E-state index in [0.29, 0.717) is 11.1 Å². The van der Waals surface area contributed by atoms with E-state index < -0.39 is 29.4 Å². The maximum absolute atomic E-state index is 12.0. The van der Waals surface area contributed by atoms with Gasteiger partial charge in [0.15, 0.2) is 0 Å². The molecule has 1 aliphatic rings. The molecule has 8 heteroatoms. The van der Waals surface area contributed by atoms with Crippen LogP contribution in [0, 0.1) is 11.3 Å². The van der Waals surface area contributed by atoms with Gasteiger partial charge in [0.05, 0.1) is 17.1 Å². The second kappa shape index (κ2) is 8.66. The van der Waals surface area contributed by atoms with Crippen molar-refractivity contribution in [2.75, 3.05) is 0 Å². The molecule has 0 aromatic heterocycles. The summed E-state index contributed by atoms with van der Waals surface area (Å²) in [7, 11) is 0. The molecule has 1 unspecified atom stereocenters. The smallest absolute Gasteiger partial charge is 0.335 e. The SMILES string of the molecule is CC1=C(C(=O)O)C(c2ccccc2/C=C/C(=O)OC(C)(C)C)C(C(=O)O)=C(C#N)N1. The van der Waals surface area contributed by atoms with Gasteiger partial charge in [-0.3, -0.25) is 0 Å². The minimum atomic E-state index is -1.42. The molecule has 8 nitrogen and oxygen atoms in total. The third-order valence-corrected chi connectivity index (χ3v) is 4.25. The van der Waals surface area contributed by atoms with E-state index in [2.05, 4.69) is 5.32 Å². The summed E-state index contributed by atoms with van der Waals surface area (Å²) in [5.41, 5.74) is -0.560. The summed E-state index contributed by atoms with van der Waals surface area (Å²) in [6.45, 7) is 6.64. The van der Waals surface area contributed by atoms with E-state index in [9.17, 15) is 29.9 Å². The molecule has 0 radical (unpaired) electrons. The lowest BCUT2D eigenvalue weighted by Gasteiger charge is -2.28. The fraction of sp³-hybridized carbons (Fsp3) is 0.273. The molecule has 1 heterocycles. The quantitative estimate of drug-likeness (QED) is 0.498. The zero-order valence-electron chi connectivity index (χ0n) is 17.0. The van der Waals surface area contributed by atoms with Crippen molar-refractivity contribution in [1.29, 1.82) is 5.26 Å². The van der Waals surface area contributed by atoms with Crippen LogP contribution in [0.25, 0.3) is 6.08 Å². The summed E-state index contributed by atoms with van der Waals surface area (Å²) in [5, 5.41) is 31.4. The summed E-state index contributed by atoms with van der Waals surface area (Å²) >= 11 is 0. The Kier molecular flexibility index (Phi) is 6.47. The van der Waals surface area contributed by atoms with Crippen LogP contribution in [0.4, 0.5) is 0 Å². The molecule has 0 saturated heterocycles. The number of nitrogens with one attached hydrogen (secondary N) is 1. The largest absolute Gasteiger partial charge is 0.478 e. The number of dihydropyridines is 1. The predicted molar refractivity (Wildman–Crippen MR) is 108 cm³/mol. The third-order valence-electron chi connectivity index (χ3n) is 4.25. The highest BCUT2D eigenvalue weighted by Crippen LogP contribution is 2.39. The van der Waals surface area contributed by atoms with Crippen molar-refractivity contribution in [1.82, 2.24) is 5.32 Å². The highest BCUT2D eigenvalue weighted by molar-refractivity contribution is 5.99. The normalized spacial score (nSPS) is 16.8. The van der Waals surface area contributed by atoms with E-state index in [1.165, 1.54) is 19.1 Å². The summed E-state index contributed by atoms with van der Waals surface area (Å²) in [5.74, 6) is -4.54. The molecular formula is C22H22N2O6. The average Bonchev–Trinajstić information content (AvgIpc) is 2.63. The fourth-order valence-electron chi connectivity index (χ4n) is 3.16.